The third kappa shape index (κ3) is 1.58. The Morgan fingerprint density at radius 3 is 2.83 bits per heavy atom. The van der Waals surface area contributed by atoms with E-state index in [-0.39, 0.29) is 5.56 Å². The number of carbonyl (C=O) groups excluding carboxylic acids is 1. The van der Waals surface area contributed by atoms with Gasteiger partial charge in [-0.25, -0.2) is 9.97 Å². The molecule has 0 N–H and O–H groups in total. The fourth-order valence-corrected chi connectivity index (χ4v) is 0.957. The molecule has 0 atom stereocenters. The number of nitrogens with zero attached hydrogens (tertiary/aromatic N) is 2. The van der Waals surface area contributed by atoms with E-state index in [1.54, 1.807) is 6.92 Å². The van der Waals surface area contributed by atoms with E-state index >= 15 is 0 Å². The number of carboxylic acids is 1. The summed E-state index contributed by atoms with van der Waals surface area (Å²) in [6, 6.07) is 0. The van der Waals surface area contributed by atoms with E-state index in [1.165, 1.54) is 6.20 Å². The Morgan fingerprint density at radius 2 is 2.33 bits per heavy atom. The van der Waals surface area contributed by atoms with Crippen molar-refractivity contribution in [1.82, 2.24) is 9.97 Å². The Balaban J connectivity index is 3.20. The molecule has 64 valence electrons. The summed E-state index contributed by atoms with van der Waals surface area (Å²) in [5.74, 6) is -0.635. The average Bonchev–Trinajstić information content (AvgIpc) is 2.03. The Bertz CT molecular complexity index is 310. The Labute approximate surface area is 70.3 Å². The highest BCUT2D eigenvalue weighted by Crippen LogP contribution is 2.04. The molecule has 0 radical (unpaired) electrons. The molecular weight excluding hydrogens is 156 g/mol. The summed E-state index contributed by atoms with van der Waals surface area (Å²) in [6.45, 7) is 3.56. The third-order valence-electron chi connectivity index (χ3n) is 1.54. The van der Waals surface area contributed by atoms with Crippen LogP contribution in [0.4, 0.5) is 0 Å². The monoisotopic (exact) mass is 165 g/mol. The third-order valence-corrected chi connectivity index (χ3v) is 1.54. The summed E-state index contributed by atoms with van der Waals surface area (Å²) in [4.78, 5) is 18.3. The van der Waals surface area contributed by atoms with Gasteiger partial charge in [-0.3, -0.25) is 0 Å². The Hall–Kier alpha value is -1.45. The second kappa shape index (κ2) is 3.30. The number of hydrogen-bond acceptors (Lipinski definition) is 4. The summed E-state index contributed by atoms with van der Waals surface area (Å²) < 4.78 is 0. The van der Waals surface area contributed by atoms with E-state index in [2.05, 4.69) is 9.97 Å². The summed E-state index contributed by atoms with van der Waals surface area (Å²) in [5.41, 5.74) is 0.616. The average molecular weight is 165 g/mol. The molecular formula is C8H9N2O2-. The second-order valence-corrected chi connectivity index (χ2v) is 2.42. The molecule has 0 aliphatic heterocycles. The molecule has 0 aliphatic rings. The van der Waals surface area contributed by atoms with Crippen LogP contribution in [0.15, 0.2) is 6.20 Å². The Kier molecular flexibility index (Phi) is 2.38. The van der Waals surface area contributed by atoms with E-state index in [0.29, 0.717) is 17.9 Å². The van der Waals surface area contributed by atoms with Crippen molar-refractivity contribution in [3.8, 4) is 0 Å². The Morgan fingerprint density at radius 1 is 1.67 bits per heavy atom. The first-order valence-corrected chi connectivity index (χ1v) is 3.69. The molecule has 1 rings (SSSR count). The normalized spacial score (nSPS) is 9.83. The quantitative estimate of drug-likeness (QED) is 0.604. The fourth-order valence-electron chi connectivity index (χ4n) is 0.957. The largest absolute Gasteiger partial charge is 0.545 e. The summed E-state index contributed by atoms with van der Waals surface area (Å²) in [7, 11) is 0. The van der Waals surface area contributed by atoms with Crippen LogP contribution in [0.2, 0.25) is 0 Å². The fraction of sp³-hybridized carbons (Fsp3) is 0.375. The lowest BCUT2D eigenvalue weighted by Gasteiger charge is -2.06. The predicted octanol–water partition coefficient (Wildman–Crippen LogP) is -0.289. The molecule has 0 aromatic carbocycles. The van der Waals surface area contributed by atoms with Gasteiger partial charge in [0.2, 0.25) is 0 Å². The lowest BCUT2D eigenvalue weighted by atomic mass is 10.2. The van der Waals surface area contributed by atoms with Gasteiger partial charge in [0.25, 0.3) is 0 Å². The molecule has 0 saturated heterocycles. The maximum Gasteiger partial charge on any atom is 0.125 e. The van der Waals surface area contributed by atoms with Crippen LogP contribution < -0.4 is 5.11 Å². The van der Waals surface area contributed by atoms with Gasteiger partial charge in [-0.05, 0) is 13.3 Å². The van der Waals surface area contributed by atoms with Crippen LogP contribution in [0, 0.1) is 6.92 Å². The van der Waals surface area contributed by atoms with Gasteiger partial charge in [0.15, 0.2) is 0 Å². The van der Waals surface area contributed by atoms with Crippen molar-refractivity contribution < 1.29 is 9.90 Å². The smallest absolute Gasteiger partial charge is 0.125 e. The molecule has 0 unspecified atom stereocenters. The lowest BCUT2D eigenvalue weighted by Crippen LogP contribution is -2.24. The standard InChI is InChI=1S/C8H10N2O2/c1-3-7-6(8(11)12)4-9-5(2)10-7/h4H,3H2,1-2H3,(H,11,12)/p-1. The molecule has 4 nitrogen and oxygen atoms in total. The number of carbonyl (C=O) groups is 1. The molecule has 0 amide bonds. The van der Waals surface area contributed by atoms with Crippen molar-refractivity contribution >= 4 is 5.97 Å². The first-order valence-electron chi connectivity index (χ1n) is 3.69. The summed E-state index contributed by atoms with van der Waals surface area (Å²) in [6.07, 6.45) is 1.86. The molecule has 1 aromatic heterocycles. The van der Waals surface area contributed by atoms with Crippen molar-refractivity contribution in [3.63, 3.8) is 0 Å². The van der Waals surface area contributed by atoms with Crippen molar-refractivity contribution in [2.45, 2.75) is 20.3 Å². The van der Waals surface area contributed by atoms with Crippen LogP contribution in [0.5, 0.6) is 0 Å². The van der Waals surface area contributed by atoms with Gasteiger partial charge in [-0.2, -0.15) is 0 Å². The van der Waals surface area contributed by atoms with Gasteiger partial charge >= 0.3 is 0 Å². The van der Waals surface area contributed by atoms with E-state index < -0.39 is 5.97 Å². The minimum atomic E-state index is -1.22. The number of carboxylic acid groups (broad SMARTS) is 1. The van der Waals surface area contributed by atoms with Crippen LogP contribution in [0.3, 0.4) is 0 Å². The first-order chi connectivity index (χ1) is 5.65. The molecule has 0 spiro atoms. The summed E-state index contributed by atoms with van der Waals surface area (Å²) in [5, 5.41) is 10.5. The topological polar surface area (TPSA) is 65.9 Å². The zero-order valence-corrected chi connectivity index (χ0v) is 7.00. The number of rotatable bonds is 2. The highest BCUT2D eigenvalue weighted by molar-refractivity contribution is 5.86. The van der Waals surface area contributed by atoms with E-state index in [4.69, 9.17) is 0 Å². The van der Waals surface area contributed by atoms with Crippen LogP contribution in [0.1, 0.15) is 28.8 Å². The SMILES string of the molecule is CCc1nc(C)ncc1C(=O)[O-]. The van der Waals surface area contributed by atoms with Crippen LogP contribution in [-0.2, 0) is 6.42 Å². The molecule has 0 fully saturated rings. The molecule has 4 heteroatoms. The van der Waals surface area contributed by atoms with Crippen molar-refractivity contribution in [1.29, 1.82) is 0 Å². The van der Waals surface area contributed by atoms with Crippen LogP contribution in [-0.4, -0.2) is 15.9 Å². The van der Waals surface area contributed by atoms with Gasteiger partial charge in [-0.15, -0.1) is 0 Å². The molecule has 0 aliphatic carbocycles. The molecule has 1 aromatic rings. The zero-order valence-electron chi connectivity index (χ0n) is 7.00. The predicted molar refractivity (Wildman–Crippen MR) is 40.5 cm³/mol. The lowest BCUT2D eigenvalue weighted by molar-refractivity contribution is -0.255. The van der Waals surface area contributed by atoms with Crippen LogP contribution >= 0.6 is 0 Å². The van der Waals surface area contributed by atoms with Gasteiger partial charge < -0.3 is 9.90 Å². The molecule has 1 heterocycles. The van der Waals surface area contributed by atoms with Gasteiger partial charge in [0.05, 0.1) is 11.7 Å². The minimum Gasteiger partial charge on any atom is -0.545 e. The first kappa shape index (κ1) is 8.64. The molecule has 12 heavy (non-hydrogen) atoms. The van der Waals surface area contributed by atoms with Crippen molar-refractivity contribution in [3.05, 3.63) is 23.3 Å². The zero-order chi connectivity index (χ0) is 9.14. The van der Waals surface area contributed by atoms with Gasteiger partial charge in [0, 0.05) is 11.8 Å². The van der Waals surface area contributed by atoms with E-state index in [1.807, 2.05) is 6.92 Å². The molecule has 0 saturated carbocycles. The minimum absolute atomic E-state index is 0.0862. The number of hydrogen-bond donors (Lipinski definition) is 0. The number of aromatic carboxylic acids is 1. The van der Waals surface area contributed by atoms with Crippen molar-refractivity contribution in [2.24, 2.45) is 0 Å². The van der Waals surface area contributed by atoms with Gasteiger partial charge in [0.1, 0.15) is 5.82 Å². The van der Waals surface area contributed by atoms with Crippen LogP contribution in [0.25, 0.3) is 0 Å². The highest BCUT2D eigenvalue weighted by Gasteiger charge is 2.03. The van der Waals surface area contributed by atoms with E-state index in [9.17, 15) is 9.90 Å². The number of aryl methyl sites for hydroxylation is 2. The maximum atomic E-state index is 10.5. The second-order valence-electron chi connectivity index (χ2n) is 2.42. The maximum absolute atomic E-state index is 10.5. The summed E-state index contributed by atoms with van der Waals surface area (Å²) >= 11 is 0. The molecule has 0 bridgehead atoms. The van der Waals surface area contributed by atoms with Gasteiger partial charge in [-0.1, -0.05) is 6.92 Å². The highest BCUT2D eigenvalue weighted by atomic mass is 16.4. The van der Waals surface area contributed by atoms with Crippen molar-refractivity contribution in [2.75, 3.05) is 0 Å². The van der Waals surface area contributed by atoms with E-state index in [0.717, 1.165) is 0 Å². The number of aromatic nitrogens is 2.